The van der Waals surface area contributed by atoms with Crippen LogP contribution in [-0.4, -0.2) is 30.4 Å². The number of hydrogen-bond acceptors (Lipinski definition) is 4. The van der Waals surface area contributed by atoms with Crippen LogP contribution in [0.25, 0.3) is 16.7 Å². The van der Waals surface area contributed by atoms with E-state index in [1.807, 2.05) is 59.2 Å². The van der Waals surface area contributed by atoms with Crippen LogP contribution in [0.15, 0.2) is 89.8 Å². The van der Waals surface area contributed by atoms with E-state index in [4.69, 9.17) is 0 Å². The summed E-state index contributed by atoms with van der Waals surface area (Å²) < 4.78 is 28.9. The van der Waals surface area contributed by atoms with Gasteiger partial charge >= 0.3 is 0 Å². The highest BCUT2D eigenvalue weighted by Crippen LogP contribution is 2.24. The molecular weight excluding hydrogens is 400 g/mol. The predicted molar refractivity (Wildman–Crippen MR) is 116 cm³/mol. The minimum atomic E-state index is -3.65. The number of aromatic nitrogens is 2. The number of carbonyl (C=O) groups is 1. The number of sulfonamides is 1. The van der Waals surface area contributed by atoms with E-state index in [9.17, 15) is 13.2 Å². The van der Waals surface area contributed by atoms with Gasteiger partial charge < -0.3 is 0 Å². The maximum absolute atomic E-state index is 12.5. The second kappa shape index (κ2) is 8.48. The molecule has 0 fully saturated rings. The molecule has 1 aromatic heterocycles. The molecule has 0 radical (unpaired) electrons. The number of amides is 1. The molecule has 2 N–H and O–H groups in total. The van der Waals surface area contributed by atoms with Gasteiger partial charge in [0, 0.05) is 18.7 Å². The van der Waals surface area contributed by atoms with Gasteiger partial charge in [-0.15, -0.1) is 0 Å². The van der Waals surface area contributed by atoms with Crippen molar-refractivity contribution < 1.29 is 13.2 Å². The molecule has 8 heteroatoms. The second-order valence-electron chi connectivity index (χ2n) is 6.60. The Morgan fingerprint density at radius 1 is 0.867 bits per heavy atom. The normalized spacial score (nSPS) is 11.5. The van der Waals surface area contributed by atoms with Crippen LogP contribution < -0.4 is 10.0 Å². The Balaban J connectivity index is 1.49. The number of fused-ring (bicyclic) bond motifs is 1. The molecular formula is C22H20N4O3S. The summed E-state index contributed by atoms with van der Waals surface area (Å²) in [5.41, 5.74) is 2.48. The van der Waals surface area contributed by atoms with Crippen LogP contribution >= 0.6 is 0 Å². The van der Waals surface area contributed by atoms with Crippen molar-refractivity contribution in [3.63, 3.8) is 0 Å². The van der Waals surface area contributed by atoms with E-state index < -0.39 is 10.0 Å². The zero-order chi connectivity index (χ0) is 21.0. The van der Waals surface area contributed by atoms with Crippen molar-refractivity contribution in [1.82, 2.24) is 14.3 Å². The van der Waals surface area contributed by atoms with Gasteiger partial charge in [-0.05, 0) is 36.4 Å². The fourth-order valence-electron chi connectivity index (χ4n) is 3.12. The number of nitrogens with zero attached hydrogens (tertiary/aromatic N) is 2. The molecule has 0 unspecified atom stereocenters. The number of para-hydroxylation sites is 3. The summed E-state index contributed by atoms with van der Waals surface area (Å²) >= 11 is 0. The Hall–Kier alpha value is -3.49. The minimum absolute atomic E-state index is 0.0192. The Bertz CT molecular complexity index is 1270. The summed E-state index contributed by atoms with van der Waals surface area (Å²) in [6.45, 7) is -0.0192. The zero-order valence-corrected chi connectivity index (χ0v) is 16.8. The Kier molecular flexibility index (Phi) is 5.60. The molecule has 0 spiro atoms. The highest BCUT2D eigenvalue weighted by molar-refractivity contribution is 7.89. The molecule has 7 nitrogen and oxygen atoms in total. The van der Waals surface area contributed by atoms with Gasteiger partial charge in [-0.1, -0.05) is 48.5 Å². The first-order chi connectivity index (χ1) is 14.5. The monoisotopic (exact) mass is 420 g/mol. The molecule has 152 valence electrons. The summed E-state index contributed by atoms with van der Waals surface area (Å²) in [6.07, 6.45) is -0.0238. The predicted octanol–water partition coefficient (Wildman–Crippen LogP) is 3.33. The third kappa shape index (κ3) is 4.24. The minimum Gasteiger partial charge on any atom is -0.296 e. The van der Waals surface area contributed by atoms with Gasteiger partial charge in [-0.2, -0.15) is 0 Å². The van der Waals surface area contributed by atoms with Crippen molar-refractivity contribution in [2.24, 2.45) is 0 Å². The van der Waals surface area contributed by atoms with Crippen molar-refractivity contribution in [2.45, 2.75) is 11.3 Å². The molecule has 1 amide bonds. The maximum atomic E-state index is 12.5. The Morgan fingerprint density at radius 3 is 2.23 bits per heavy atom. The first kappa shape index (κ1) is 19.8. The molecule has 0 bridgehead atoms. The first-order valence-electron chi connectivity index (χ1n) is 9.42. The lowest BCUT2D eigenvalue weighted by molar-refractivity contribution is -0.116. The van der Waals surface area contributed by atoms with Crippen molar-refractivity contribution in [1.29, 1.82) is 0 Å². The van der Waals surface area contributed by atoms with Crippen LogP contribution in [-0.2, 0) is 14.8 Å². The van der Waals surface area contributed by atoms with Crippen molar-refractivity contribution in [3.8, 4) is 5.69 Å². The number of nitrogens with one attached hydrogen (secondary N) is 2. The van der Waals surface area contributed by atoms with Crippen LogP contribution in [0.3, 0.4) is 0 Å². The standard InChI is InChI=1S/C22H20N4O3S/c27-21(15-16-23-30(28,29)18-11-5-2-6-12-18)25-22-24-19-13-7-8-14-20(19)26(22)17-9-3-1-4-10-17/h1-14,23H,15-16H2,(H,24,25,27). The molecule has 0 atom stereocenters. The van der Waals surface area contributed by atoms with Crippen molar-refractivity contribution in [2.75, 3.05) is 11.9 Å². The zero-order valence-electron chi connectivity index (χ0n) is 16.0. The van der Waals surface area contributed by atoms with E-state index in [1.165, 1.54) is 12.1 Å². The molecule has 30 heavy (non-hydrogen) atoms. The molecule has 0 aliphatic heterocycles. The lowest BCUT2D eigenvalue weighted by Crippen LogP contribution is -2.28. The highest BCUT2D eigenvalue weighted by atomic mass is 32.2. The summed E-state index contributed by atoms with van der Waals surface area (Å²) in [6, 6.07) is 25.2. The van der Waals surface area contributed by atoms with Crippen LogP contribution in [0.5, 0.6) is 0 Å². The lowest BCUT2D eigenvalue weighted by atomic mass is 10.3. The quantitative estimate of drug-likeness (QED) is 0.480. The average molecular weight is 420 g/mol. The second-order valence-corrected chi connectivity index (χ2v) is 8.37. The molecule has 0 saturated heterocycles. The van der Waals surface area contributed by atoms with Crippen molar-refractivity contribution >= 4 is 32.9 Å². The molecule has 0 aliphatic rings. The van der Waals surface area contributed by atoms with Gasteiger partial charge in [0.25, 0.3) is 0 Å². The number of carbonyl (C=O) groups excluding carboxylic acids is 1. The van der Waals surface area contributed by atoms with Gasteiger partial charge in [0.05, 0.1) is 15.9 Å². The number of hydrogen-bond donors (Lipinski definition) is 2. The van der Waals surface area contributed by atoms with Crippen LogP contribution in [0, 0.1) is 0 Å². The molecule has 0 aliphatic carbocycles. The molecule has 4 rings (SSSR count). The molecule has 3 aromatic carbocycles. The summed E-state index contributed by atoms with van der Waals surface area (Å²) in [5.74, 6) is 0.0524. The highest BCUT2D eigenvalue weighted by Gasteiger charge is 2.16. The molecule has 0 saturated carbocycles. The third-order valence-electron chi connectivity index (χ3n) is 4.52. The number of anilines is 1. The molecule has 4 aromatic rings. The smallest absolute Gasteiger partial charge is 0.240 e. The van der Waals surface area contributed by atoms with Gasteiger partial charge in [0.1, 0.15) is 0 Å². The van der Waals surface area contributed by atoms with E-state index >= 15 is 0 Å². The first-order valence-corrected chi connectivity index (χ1v) is 10.9. The van der Waals surface area contributed by atoms with Gasteiger partial charge in [-0.3, -0.25) is 14.7 Å². The lowest BCUT2D eigenvalue weighted by Gasteiger charge is -2.10. The van der Waals surface area contributed by atoms with E-state index in [0.717, 1.165) is 16.7 Å². The summed E-state index contributed by atoms with van der Waals surface area (Å²) in [4.78, 5) is 17.2. The number of rotatable bonds is 7. The maximum Gasteiger partial charge on any atom is 0.240 e. The van der Waals surface area contributed by atoms with E-state index in [-0.39, 0.29) is 23.8 Å². The van der Waals surface area contributed by atoms with Gasteiger partial charge in [0.15, 0.2) is 0 Å². The molecule has 1 heterocycles. The van der Waals surface area contributed by atoms with Crippen LogP contribution in [0.4, 0.5) is 5.95 Å². The van der Waals surface area contributed by atoms with Crippen LogP contribution in [0.1, 0.15) is 6.42 Å². The van der Waals surface area contributed by atoms with E-state index in [0.29, 0.717) is 5.95 Å². The van der Waals surface area contributed by atoms with Gasteiger partial charge in [-0.25, -0.2) is 18.1 Å². The Morgan fingerprint density at radius 2 is 1.50 bits per heavy atom. The van der Waals surface area contributed by atoms with Crippen molar-refractivity contribution in [3.05, 3.63) is 84.9 Å². The fourth-order valence-corrected chi connectivity index (χ4v) is 4.17. The van der Waals surface area contributed by atoms with Crippen LogP contribution in [0.2, 0.25) is 0 Å². The summed E-state index contributed by atoms with van der Waals surface area (Å²) in [7, 11) is -3.65. The number of benzene rings is 3. The van der Waals surface area contributed by atoms with Gasteiger partial charge in [0.2, 0.25) is 21.9 Å². The fraction of sp³-hybridized carbons (Fsp3) is 0.0909. The largest absolute Gasteiger partial charge is 0.296 e. The van der Waals surface area contributed by atoms with E-state index in [2.05, 4.69) is 15.0 Å². The summed E-state index contributed by atoms with van der Waals surface area (Å²) in [5, 5.41) is 2.80. The number of imidazole rings is 1. The Labute approximate surface area is 174 Å². The SMILES string of the molecule is O=C(CCNS(=O)(=O)c1ccccc1)Nc1nc2ccccc2n1-c1ccccc1. The topological polar surface area (TPSA) is 93.1 Å². The van der Waals surface area contributed by atoms with E-state index in [1.54, 1.807) is 18.2 Å². The third-order valence-corrected chi connectivity index (χ3v) is 6.00. The average Bonchev–Trinajstić information content (AvgIpc) is 3.12.